The largest absolute Gasteiger partial charge is 0.497 e. The molecule has 1 aliphatic carbocycles. The number of hydrogen-bond donors (Lipinski definition) is 2. The van der Waals surface area contributed by atoms with Crippen LogP contribution < -0.4 is 15.4 Å². The molecule has 2 heterocycles. The van der Waals surface area contributed by atoms with E-state index in [0.717, 1.165) is 31.2 Å². The average molecular weight is 539 g/mol. The molecule has 0 unspecified atom stereocenters. The lowest BCUT2D eigenvalue weighted by Gasteiger charge is -2.21. The Morgan fingerprint density at radius 3 is 2.62 bits per heavy atom. The van der Waals surface area contributed by atoms with Crippen LogP contribution in [-0.2, 0) is 24.7 Å². The summed E-state index contributed by atoms with van der Waals surface area (Å²) in [5.74, 6) is 1.06. The predicted octanol–water partition coefficient (Wildman–Crippen LogP) is 4.49. The SMILES string of the molecule is COc1ccc(C(=O)N[C@H](c2nnc(SCC(=O)Nc3sc4c(c3C#N)CCCC4)n2C)C(C)C)cc1. The maximum absolute atomic E-state index is 12.9. The molecule has 2 amide bonds. The number of thiophene rings is 1. The monoisotopic (exact) mass is 538 g/mol. The highest BCUT2D eigenvalue weighted by molar-refractivity contribution is 7.99. The Balaban J connectivity index is 1.41. The smallest absolute Gasteiger partial charge is 0.251 e. The first-order chi connectivity index (χ1) is 17.8. The highest BCUT2D eigenvalue weighted by Crippen LogP contribution is 2.37. The van der Waals surface area contributed by atoms with E-state index in [4.69, 9.17) is 4.74 Å². The molecule has 1 atom stereocenters. The fraction of sp³-hybridized carbons (Fsp3) is 0.423. The third-order valence-corrected chi connectivity index (χ3v) is 8.55. The molecular formula is C26H30N6O3S2. The van der Waals surface area contributed by atoms with Gasteiger partial charge in [-0.15, -0.1) is 21.5 Å². The zero-order valence-corrected chi connectivity index (χ0v) is 23.0. The Morgan fingerprint density at radius 2 is 1.95 bits per heavy atom. The summed E-state index contributed by atoms with van der Waals surface area (Å²) < 4.78 is 6.97. The van der Waals surface area contributed by atoms with E-state index in [1.54, 1.807) is 31.4 Å². The maximum Gasteiger partial charge on any atom is 0.251 e. The fourth-order valence-electron chi connectivity index (χ4n) is 4.28. The van der Waals surface area contributed by atoms with E-state index in [0.29, 0.717) is 32.9 Å². The van der Waals surface area contributed by atoms with Gasteiger partial charge in [0, 0.05) is 17.5 Å². The van der Waals surface area contributed by atoms with Crippen LogP contribution in [-0.4, -0.2) is 39.4 Å². The molecule has 0 aliphatic heterocycles. The number of carbonyl (C=O) groups is 2. The van der Waals surface area contributed by atoms with E-state index in [-0.39, 0.29) is 29.5 Å². The van der Waals surface area contributed by atoms with Crippen molar-refractivity contribution in [3.8, 4) is 11.8 Å². The third kappa shape index (κ3) is 5.97. The summed E-state index contributed by atoms with van der Waals surface area (Å²) in [7, 11) is 3.40. The Labute approximate surface area is 224 Å². The minimum Gasteiger partial charge on any atom is -0.497 e. The highest BCUT2D eigenvalue weighted by Gasteiger charge is 2.26. The Kier molecular flexibility index (Phi) is 8.51. The standard InChI is InChI=1S/C26H30N6O3S2/c1-15(2)22(29-24(34)16-9-11-17(35-4)12-10-16)23-30-31-26(32(23)3)36-14-21(33)28-25-19(13-27)18-7-5-6-8-20(18)37-25/h9-12,15,22H,5-8,14H2,1-4H3,(H,28,33)(H,29,34)/t22-/m0/s1. The summed E-state index contributed by atoms with van der Waals surface area (Å²) in [4.78, 5) is 26.8. The molecule has 0 saturated heterocycles. The van der Waals surface area contributed by atoms with Crippen molar-refractivity contribution in [1.29, 1.82) is 5.26 Å². The Hall–Kier alpha value is -3.36. The summed E-state index contributed by atoms with van der Waals surface area (Å²) in [5.41, 5.74) is 2.22. The Bertz CT molecular complexity index is 1320. The predicted molar refractivity (Wildman–Crippen MR) is 144 cm³/mol. The van der Waals surface area contributed by atoms with Crippen LogP contribution in [0.25, 0.3) is 0 Å². The Morgan fingerprint density at radius 1 is 1.22 bits per heavy atom. The van der Waals surface area contributed by atoms with Crippen molar-refractivity contribution in [1.82, 2.24) is 20.1 Å². The van der Waals surface area contributed by atoms with Gasteiger partial charge in [0.1, 0.15) is 16.8 Å². The molecule has 3 aromatic rings. The van der Waals surface area contributed by atoms with Crippen LogP contribution in [0.3, 0.4) is 0 Å². The van der Waals surface area contributed by atoms with Crippen molar-refractivity contribution in [2.75, 3.05) is 18.2 Å². The summed E-state index contributed by atoms with van der Waals surface area (Å²) in [5, 5.41) is 25.4. The number of rotatable bonds is 9. The van der Waals surface area contributed by atoms with Crippen molar-refractivity contribution < 1.29 is 14.3 Å². The lowest BCUT2D eigenvalue weighted by atomic mass is 9.96. The maximum atomic E-state index is 12.9. The minimum atomic E-state index is -0.370. The second-order valence-electron chi connectivity index (χ2n) is 9.19. The van der Waals surface area contributed by atoms with Crippen LogP contribution in [0.5, 0.6) is 5.75 Å². The zero-order valence-electron chi connectivity index (χ0n) is 21.3. The minimum absolute atomic E-state index is 0.0560. The van der Waals surface area contributed by atoms with E-state index < -0.39 is 0 Å². The first-order valence-corrected chi connectivity index (χ1v) is 13.9. The van der Waals surface area contributed by atoms with E-state index in [1.165, 1.54) is 28.0 Å². The zero-order chi connectivity index (χ0) is 26.5. The molecule has 0 radical (unpaired) electrons. The average Bonchev–Trinajstić information content (AvgIpc) is 3.44. The molecular weight excluding hydrogens is 508 g/mol. The van der Waals surface area contributed by atoms with Gasteiger partial charge in [0.15, 0.2) is 11.0 Å². The second-order valence-corrected chi connectivity index (χ2v) is 11.2. The molecule has 2 aromatic heterocycles. The molecule has 194 valence electrons. The number of fused-ring (bicyclic) bond motifs is 1. The topological polar surface area (TPSA) is 122 Å². The number of benzene rings is 1. The van der Waals surface area contributed by atoms with Crippen LogP contribution in [0.15, 0.2) is 29.4 Å². The van der Waals surface area contributed by atoms with Gasteiger partial charge in [-0.2, -0.15) is 5.26 Å². The van der Waals surface area contributed by atoms with Gasteiger partial charge < -0.3 is 19.9 Å². The number of nitrogens with one attached hydrogen (secondary N) is 2. The van der Waals surface area contributed by atoms with E-state index in [1.807, 2.05) is 25.5 Å². The number of carbonyl (C=O) groups excluding carboxylic acids is 2. The molecule has 9 nitrogen and oxygen atoms in total. The van der Waals surface area contributed by atoms with Crippen LogP contribution in [0.1, 0.15) is 64.9 Å². The number of nitrogens with zero attached hydrogens (tertiary/aromatic N) is 4. The van der Waals surface area contributed by atoms with Gasteiger partial charge in [0.05, 0.1) is 24.5 Å². The van der Waals surface area contributed by atoms with Gasteiger partial charge in [-0.25, -0.2) is 0 Å². The van der Waals surface area contributed by atoms with Gasteiger partial charge in [0.2, 0.25) is 5.91 Å². The van der Waals surface area contributed by atoms with Crippen molar-refractivity contribution in [3.63, 3.8) is 0 Å². The van der Waals surface area contributed by atoms with Gasteiger partial charge in [-0.05, 0) is 61.4 Å². The number of aromatic nitrogens is 3. The number of methoxy groups -OCH3 is 1. The molecule has 0 fully saturated rings. The van der Waals surface area contributed by atoms with Crippen molar-refractivity contribution >= 4 is 39.9 Å². The number of hydrogen-bond acceptors (Lipinski definition) is 8. The number of aryl methyl sites for hydroxylation is 1. The molecule has 37 heavy (non-hydrogen) atoms. The molecule has 2 N–H and O–H groups in total. The highest BCUT2D eigenvalue weighted by atomic mass is 32.2. The third-order valence-electron chi connectivity index (χ3n) is 6.32. The lowest BCUT2D eigenvalue weighted by Crippen LogP contribution is -2.33. The van der Waals surface area contributed by atoms with Crippen molar-refractivity contribution in [2.45, 2.75) is 50.7 Å². The second kappa shape index (κ2) is 11.8. The summed E-state index contributed by atoms with van der Waals surface area (Å²) in [6, 6.07) is 8.81. The molecule has 1 aliphatic rings. The quantitative estimate of drug-likeness (QED) is 0.385. The van der Waals surface area contributed by atoms with Gasteiger partial charge >= 0.3 is 0 Å². The van der Waals surface area contributed by atoms with Crippen molar-refractivity contribution in [2.24, 2.45) is 13.0 Å². The number of ether oxygens (including phenoxy) is 1. The number of thioether (sulfide) groups is 1. The van der Waals surface area contributed by atoms with Gasteiger partial charge in [-0.1, -0.05) is 25.6 Å². The van der Waals surface area contributed by atoms with Gasteiger partial charge in [0.25, 0.3) is 5.91 Å². The molecule has 4 rings (SSSR count). The molecule has 1 aromatic carbocycles. The van der Waals surface area contributed by atoms with Crippen LogP contribution >= 0.6 is 23.1 Å². The first kappa shape index (κ1) is 26.7. The fourth-order valence-corrected chi connectivity index (χ4v) is 6.26. The normalized spacial score (nSPS) is 13.5. The number of anilines is 1. The van der Waals surface area contributed by atoms with E-state index in [9.17, 15) is 14.9 Å². The van der Waals surface area contributed by atoms with E-state index in [2.05, 4.69) is 26.9 Å². The molecule has 0 spiro atoms. The first-order valence-electron chi connectivity index (χ1n) is 12.1. The van der Waals surface area contributed by atoms with Crippen LogP contribution in [0, 0.1) is 17.2 Å². The van der Waals surface area contributed by atoms with Crippen molar-refractivity contribution in [3.05, 3.63) is 51.7 Å². The summed E-state index contributed by atoms with van der Waals surface area (Å²) in [6.45, 7) is 4.00. The summed E-state index contributed by atoms with van der Waals surface area (Å²) in [6.07, 6.45) is 4.06. The van der Waals surface area contributed by atoms with Crippen LogP contribution in [0.2, 0.25) is 0 Å². The van der Waals surface area contributed by atoms with Gasteiger partial charge in [-0.3, -0.25) is 9.59 Å². The molecule has 0 bridgehead atoms. The molecule has 0 saturated carbocycles. The van der Waals surface area contributed by atoms with E-state index >= 15 is 0 Å². The number of nitriles is 1. The summed E-state index contributed by atoms with van der Waals surface area (Å²) >= 11 is 2.78. The molecule has 11 heteroatoms. The lowest BCUT2D eigenvalue weighted by molar-refractivity contribution is -0.113. The number of amides is 2. The van der Waals surface area contributed by atoms with Crippen LogP contribution in [0.4, 0.5) is 5.00 Å².